The van der Waals surface area contributed by atoms with E-state index in [1.807, 2.05) is 41.3 Å². The number of hydrogen-bond donors (Lipinski definition) is 1. The number of methoxy groups -OCH3 is 1. The van der Waals surface area contributed by atoms with E-state index in [2.05, 4.69) is 15.2 Å². The quantitative estimate of drug-likeness (QED) is 0.757. The molecule has 4 rings (SSSR count). The predicted molar refractivity (Wildman–Crippen MR) is 110 cm³/mol. The van der Waals surface area contributed by atoms with E-state index in [0.717, 1.165) is 30.1 Å². The Morgan fingerprint density at radius 3 is 2.52 bits per heavy atom. The van der Waals surface area contributed by atoms with Crippen LogP contribution in [0.15, 0.2) is 48.8 Å². The van der Waals surface area contributed by atoms with Gasteiger partial charge in [0.15, 0.2) is 0 Å². The Labute approximate surface area is 170 Å². The standard InChI is InChI=1S/C22H26N4O3/c1-29-19-7-3-2-6-18(19)25-11-13-26(14-12-25)21(28)22(8-9-22)20(27)24-16-17-5-4-10-23-15-17/h2-7,10,15H,8-9,11-14,16H2,1H3,(H,24,27). The molecule has 2 aromatic rings. The van der Waals surface area contributed by atoms with Crippen molar-refractivity contribution in [3.8, 4) is 5.75 Å². The molecular formula is C22H26N4O3. The van der Waals surface area contributed by atoms with E-state index in [1.165, 1.54) is 0 Å². The van der Waals surface area contributed by atoms with Crippen LogP contribution in [0.4, 0.5) is 5.69 Å². The topological polar surface area (TPSA) is 74.8 Å². The third-order valence-corrected chi connectivity index (χ3v) is 5.76. The van der Waals surface area contributed by atoms with Crippen molar-refractivity contribution >= 4 is 17.5 Å². The maximum absolute atomic E-state index is 13.1. The van der Waals surface area contributed by atoms with E-state index in [-0.39, 0.29) is 11.8 Å². The van der Waals surface area contributed by atoms with Gasteiger partial charge in [0, 0.05) is 45.1 Å². The van der Waals surface area contributed by atoms with E-state index in [9.17, 15) is 9.59 Å². The average molecular weight is 394 g/mol. The molecule has 2 fully saturated rings. The molecule has 29 heavy (non-hydrogen) atoms. The minimum atomic E-state index is -0.880. The highest BCUT2D eigenvalue weighted by Crippen LogP contribution is 2.47. The third-order valence-electron chi connectivity index (χ3n) is 5.76. The summed E-state index contributed by atoms with van der Waals surface area (Å²) in [5, 5.41) is 2.92. The van der Waals surface area contributed by atoms with Gasteiger partial charge in [-0.25, -0.2) is 0 Å². The van der Waals surface area contributed by atoms with Gasteiger partial charge in [-0.15, -0.1) is 0 Å². The number of carbonyl (C=O) groups excluding carboxylic acids is 2. The first-order valence-electron chi connectivity index (χ1n) is 9.98. The van der Waals surface area contributed by atoms with Gasteiger partial charge < -0.3 is 19.9 Å². The van der Waals surface area contributed by atoms with Crippen LogP contribution in [0.3, 0.4) is 0 Å². The third kappa shape index (κ3) is 3.90. The zero-order chi connectivity index (χ0) is 20.3. The molecule has 7 heteroatoms. The van der Waals surface area contributed by atoms with E-state index >= 15 is 0 Å². The lowest BCUT2D eigenvalue weighted by Gasteiger charge is -2.38. The molecule has 2 heterocycles. The number of ether oxygens (including phenoxy) is 1. The fourth-order valence-electron chi connectivity index (χ4n) is 3.86. The van der Waals surface area contributed by atoms with Crippen LogP contribution < -0.4 is 15.0 Å². The molecular weight excluding hydrogens is 368 g/mol. The summed E-state index contributed by atoms with van der Waals surface area (Å²) in [4.78, 5) is 34.0. The van der Waals surface area contributed by atoms with Crippen molar-refractivity contribution in [3.63, 3.8) is 0 Å². The highest BCUT2D eigenvalue weighted by Gasteiger charge is 2.58. The second kappa shape index (κ2) is 8.11. The monoisotopic (exact) mass is 394 g/mol. The molecule has 0 atom stereocenters. The molecule has 1 aromatic heterocycles. The van der Waals surface area contributed by atoms with Crippen molar-refractivity contribution in [1.29, 1.82) is 0 Å². The maximum atomic E-state index is 13.1. The number of piperazine rings is 1. The number of para-hydroxylation sites is 2. The molecule has 1 aliphatic carbocycles. The van der Waals surface area contributed by atoms with Crippen molar-refractivity contribution in [2.45, 2.75) is 19.4 Å². The number of hydrogen-bond acceptors (Lipinski definition) is 5. The predicted octanol–water partition coefficient (Wildman–Crippen LogP) is 1.84. The van der Waals surface area contributed by atoms with Crippen molar-refractivity contribution < 1.29 is 14.3 Å². The maximum Gasteiger partial charge on any atom is 0.238 e. The van der Waals surface area contributed by atoms with Crippen LogP contribution in [-0.4, -0.2) is 55.0 Å². The Balaban J connectivity index is 1.35. The summed E-state index contributed by atoms with van der Waals surface area (Å²) in [6.07, 6.45) is 4.66. The van der Waals surface area contributed by atoms with Gasteiger partial charge >= 0.3 is 0 Å². The summed E-state index contributed by atoms with van der Waals surface area (Å²) in [6, 6.07) is 11.7. The lowest BCUT2D eigenvalue weighted by Crippen LogP contribution is -2.53. The number of aromatic nitrogens is 1. The highest BCUT2D eigenvalue weighted by atomic mass is 16.5. The number of carbonyl (C=O) groups is 2. The summed E-state index contributed by atoms with van der Waals surface area (Å²) >= 11 is 0. The van der Waals surface area contributed by atoms with Crippen molar-refractivity contribution in [3.05, 3.63) is 54.4 Å². The van der Waals surface area contributed by atoms with Gasteiger partial charge in [0.05, 0.1) is 12.8 Å². The molecule has 1 saturated carbocycles. The molecule has 0 spiro atoms. The van der Waals surface area contributed by atoms with Crippen LogP contribution in [-0.2, 0) is 16.1 Å². The normalized spacial score (nSPS) is 17.6. The van der Waals surface area contributed by atoms with E-state index in [1.54, 1.807) is 19.5 Å². The molecule has 152 valence electrons. The summed E-state index contributed by atoms with van der Waals surface area (Å²) in [5.41, 5.74) is 1.08. The molecule has 0 unspecified atom stereocenters. The number of benzene rings is 1. The van der Waals surface area contributed by atoms with Gasteiger partial charge in [0.25, 0.3) is 0 Å². The zero-order valence-corrected chi connectivity index (χ0v) is 16.6. The van der Waals surface area contributed by atoms with Crippen LogP contribution in [0.1, 0.15) is 18.4 Å². The number of rotatable bonds is 6. The fraction of sp³-hybridized carbons (Fsp3) is 0.409. The van der Waals surface area contributed by atoms with Gasteiger partial charge in [-0.3, -0.25) is 14.6 Å². The minimum absolute atomic E-state index is 0.0409. The molecule has 1 aliphatic heterocycles. The molecule has 2 aliphatic rings. The first-order chi connectivity index (χ1) is 14.1. The summed E-state index contributed by atoms with van der Waals surface area (Å²) in [7, 11) is 1.67. The number of pyridine rings is 1. The van der Waals surface area contributed by atoms with Crippen LogP contribution in [0, 0.1) is 5.41 Å². The van der Waals surface area contributed by atoms with Crippen molar-refractivity contribution in [2.24, 2.45) is 5.41 Å². The number of nitrogens with zero attached hydrogens (tertiary/aromatic N) is 3. The van der Waals surface area contributed by atoms with Crippen LogP contribution in [0.5, 0.6) is 5.75 Å². The van der Waals surface area contributed by atoms with Gasteiger partial charge in [0.2, 0.25) is 11.8 Å². The Morgan fingerprint density at radius 1 is 1.10 bits per heavy atom. The molecule has 2 amide bonds. The molecule has 1 saturated heterocycles. The van der Waals surface area contributed by atoms with E-state index in [4.69, 9.17) is 4.74 Å². The Hall–Kier alpha value is -3.09. The Morgan fingerprint density at radius 2 is 1.86 bits per heavy atom. The number of anilines is 1. The van der Waals surface area contributed by atoms with E-state index < -0.39 is 5.41 Å². The molecule has 0 radical (unpaired) electrons. The zero-order valence-electron chi connectivity index (χ0n) is 16.6. The summed E-state index contributed by atoms with van der Waals surface area (Å²) < 4.78 is 5.45. The number of nitrogens with one attached hydrogen (secondary N) is 1. The minimum Gasteiger partial charge on any atom is -0.495 e. The largest absolute Gasteiger partial charge is 0.495 e. The summed E-state index contributed by atoms with van der Waals surface area (Å²) in [6.45, 7) is 3.05. The Bertz CT molecular complexity index is 875. The molecule has 1 N–H and O–H groups in total. The second-order valence-corrected chi connectivity index (χ2v) is 7.58. The SMILES string of the molecule is COc1ccccc1N1CCN(C(=O)C2(C(=O)NCc3cccnc3)CC2)CC1. The van der Waals surface area contributed by atoms with Gasteiger partial charge in [-0.2, -0.15) is 0 Å². The van der Waals surface area contributed by atoms with Crippen LogP contribution in [0.25, 0.3) is 0 Å². The van der Waals surface area contributed by atoms with Gasteiger partial charge in [-0.05, 0) is 36.6 Å². The summed E-state index contributed by atoms with van der Waals surface area (Å²) in [5.74, 6) is 0.625. The first-order valence-corrected chi connectivity index (χ1v) is 9.98. The van der Waals surface area contributed by atoms with Crippen molar-refractivity contribution in [2.75, 3.05) is 38.2 Å². The lowest BCUT2D eigenvalue weighted by atomic mass is 10.0. The fourth-order valence-corrected chi connectivity index (χ4v) is 3.86. The average Bonchev–Trinajstić information content (AvgIpc) is 3.60. The van der Waals surface area contributed by atoms with Crippen LogP contribution in [0.2, 0.25) is 0 Å². The second-order valence-electron chi connectivity index (χ2n) is 7.58. The van der Waals surface area contributed by atoms with Crippen molar-refractivity contribution in [1.82, 2.24) is 15.2 Å². The van der Waals surface area contributed by atoms with E-state index in [0.29, 0.717) is 32.5 Å². The first kappa shape index (κ1) is 19.2. The lowest BCUT2D eigenvalue weighted by molar-refractivity contribution is -0.144. The van der Waals surface area contributed by atoms with Crippen LogP contribution >= 0.6 is 0 Å². The highest BCUT2D eigenvalue weighted by molar-refractivity contribution is 6.07. The molecule has 1 aromatic carbocycles. The smallest absolute Gasteiger partial charge is 0.238 e. The Kier molecular flexibility index (Phi) is 5.38. The molecule has 0 bridgehead atoms. The van der Waals surface area contributed by atoms with Gasteiger partial charge in [-0.1, -0.05) is 18.2 Å². The molecule has 7 nitrogen and oxygen atoms in total. The van der Waals surface area contributed by atoms with Gasteiger partial charge in [0.1, 0.15) is 11.2 Å². The number of amides is 2.